The van der Waals surface area contributed by atoms with E-state index in [9.17, 15) is 0 Å². The number of rotatable bonds is 8. The van der Waals surface area contributed by atoms with Crippen molar-refractivity contribution in [1.82, 2.24) is 0 Å². The maximum absolute atomic E-state index is 7.16. The van der Waals surface area contributed by atoms with Gasteiger partial charge in [0.05, 0.1) is 5.69 Å². The van der Waals surface area contributed by atoms with Crippen molar-refractivity contribution < 1.29 is 4.42 Å². The van der Waals surface area contributed by atoms with Gasteiger partial charge in [0.15, 0.2) is 0 Å². The lowest BCUT2D eigenvalue weighted by Gasteiger charge is -2.46. The van der Waals surface area contributed by atoms with Gasteiger partial charge in [0.2, 0.25) is 0 Å². The van der Waals surface area contributed by atoms with E-state index in [0.717, 1.165) is 73.9 Å². The lowest BCUT2D eigenvalue weighted by Crippen LogP contribution is -2.61. The Hall–Kier alpha value is -9.84. The third kappa shape index (κ3) is 9.19. The lowest BCUT2D eigenvalue weighted by molar-refractivity contribution is 0.432. The quantitative estimate of drug-likeness (QED) is 0.141. The number of hydrogen-bond donors (Lipinski definition) is 0. The Morgan fingerprint density at radius 3 is 1.69 bits per heavy atom. The Balaban J connectivity index is 1.02. The Morgan fingerprint density at radius 1 is 0.438 bits per heavy atom. The van der Waals surface area contributed by atoms with E-state index in [1.165, 1.54) is 101 Å². The average molecular weight is 1150 g/mol. The molecule has 0 bridgehead atoms. The summed E-state index contributed by atoms with van der Waals surface area (Å²) in [6, 6.07) is 96.1. The molecule has 3 heterocycles. The van der Waals surface area contributed by atoms with Crippen molar-refractivity contribution >= 4 is 96.0 Å². The number of furan rings is 1. The molecule has 5 heteroatoms. The van der Waals surface area contributed by atoms with Crippen LogP contribution in [0.1, 0.15) is 90.5 Å². The fourth-order valence-corrected chi connectivity index (χ4v) is 15.0. The van der Waals surface area contributed by atoms with E-state index >= 15 is 0 Å². The molecule has 432 valence electrons. The molecule has 16 rings (SSSR count). The fraction of sp³-hybridized carbons (Fsp3) is 0.167. The number of anilines is 8. The van der Waals surface area contributed by atoms with Gasteiger partial charge in [-0.3, -0.25) is 0 Å². The van der Waals surface area contributed by atoms with Crippen LogP contribution < -0.4 is 25.5 Å². The summed E-state index contributed by atoms with van der Waals surface area (Å²) >= 11 is 0. The van der Waals surface area contributed by atoms with Crippen LogP contribution in [-0.2, 0) is 22.7 Å². The largest absolute Gasteiger partial charge is 0.456 e. The Labute approximate surface area is 524 Å². The monoisotopic (exact) mass is 1150 g/mol. The molecular formula is C84H72BN3O. The van der Waals surface area contributed by atoms with Gasteiger partial charge in [-0.1, -0.05) is 219 Å². The van der Waals surface area contributed by atoms with Crippen molar-refractivity contribution in [2.24, 2.45) is 0 Å². The molecule has 0 N–H and O–H groups in total. The van der Waals surface area contributed by atoms with Gasteiger partial charge in [-0.25, -0.2) is 0 Å². The van der Waals surface area contributed by atoms with E-state index in [4.69, 9.17) is 4.42 Å². The predicted octanol–water partition coefficient (Wildman–Crippen LogP) is 22.1. The van der Waals surface area contributed by atoms with Gasteiger partial charge in [0.1, 0.15) is 11.2 Å². The van der Waals surface area contributed by atoms with Crippen molar-refractivity contribution in [3.05, 3.63) is 277 Å². The van der Waals surface area contributed by atoms with Crippen LogP contribution in [0.15, 0.2) is 259 Å². The van der Waals surface area contributed by atoms with Crippen molar-refractivity contribution in [3.63, 3.8) is 0 Å². The minimum atomic E-state index is -0.259. The van der Waals surface area contributed by atoms with Crippen molar-refractivity contribution in [1.29, 1.82) is 0 Å². The number of fused-ring (bicyclic) bond motifs is 10. The molecule has 13 aromatic rings. The van der Waals surface area contributed by atoms with Crippen LogP contribution in [0.2, 0.25) is 0 Å². The van der Waals surface area contributed by atoms with Crippen molar-refractivity contribution in [3.8, 4) is 44.5 Å². The van der Waals surface area contributed by atoms with Gasteiger partial charge in [0.25, 0.3) is 0 Å². The number of hydrogen-bond acceptors (Lipinski definition) is 4. The van der Waals surface area contributed by atoms with E-state index in [-0.39, 0.29) is 23.1 Å². The second-order valence-corrected chi connectivity index (χ2v) is 27.8. The third-order valence-corrected chi connectivity index (χ3v) is 19.6. The molecule has 0 spiro atoms. The normalized spacial score (nSPS) is 14.2. The maximum atomic E-state index is 7.16. The molecule has 0 amide bonds. The molecule has 0 atom stereocenters. The van der Waals surface area contributed by atoms with Crippen LogP contribution in [0.5, 0.6) is 0 Å². The maximum Gasteiger partial charge on any atom is 0.333 e. The molecule has 0 fully saturated rings. The first kappa shape index (κ1) is 54.5. The molecule has 12 aromatic carbocycles. The molecule has 0 saturated heterocycles. The molecule has 3 aliphatic rings. The standard InChI is InChI=1S/C84H72BN3O/c1-82(2,3)61-36-39-63(40-37-61)88-75-52-70-69-51-72-60(32-22-44-84(72,7)8)48-78(69)89-79(70)53-71(75)80-67-35-19-18-29-59(67)47-77-81(80)85(88)73-42-41-66(50-76(73)87(77)74-43-38-62(83(4,5)6)49-68(74)56-27-16-11-17-28-56)86(64-33-20-30-57(45-64)54-23-12-9-13-24-54)65-34-21-31-58(46-65)55-25-14-10-15-26-55/h9-21,23-31,33-43,45-53H,22,32,44H2,1-8H3. The number of aryl methyl sites for hydroxylation is 1. The van der Waals surface area contributed by atoms with Crippen molar-refractivity contribution in [2.45, 2.75) is 90.9 Å². The molecule has 2 aliphatic heterocycles. The highest BCUT2D eigenvalue weighted by molar-refractivity contribution is 6.94. The molecule has 1 aliphatic carbocycles. The van der Waals surface area contributed by atoms with Gasteiger partial charge < -0.3 is 19.0 Å². The minimum Gasteiger partial charge on any atom is -0.456 e. The Kier molecular flexibility index (Phi) is 12.7. The van der Waals surface area contributed by atoms with Gasteiger partial charge in [0, 0.05) is 61.7 Å². The summed E-state index contributed by atoms with van der Waals surface area (Å²) in [6.45, 7) is 18.5. The second-order valence-electron chi connectivity index (χ2n) is 27.8. The summed E-state index contributed by atoms with van der Waals surface area (Å²) in [5.41, 5.74) is 28.0. The van der Waals surface area contributed by atoms with Crippen LogP contribution in [0, 0.1) is 0 Å². The van der Waals surface area contributed by atoms with Crippen molar-refractivity contribution in [2.75, 3.05) is 14.6 Å². The topological polar surface area (TPSA) is 22.9 Å². The van der Waals surface area contributed by atoms with Crippen LogP contribution in [0.25, 0.3) is 77.2 Å². The summed E-state index contributed by atoms with van der Waals surface area (Å²) in [7, 11) is 0. The Morgan fingerprint density at radius 2 is 1.02 bits per heavy atom. The van der Waals surface area contributed by atoms with Gasteiger partial charge in [-0.2, -0.15) is 0 Å². The smallest absolute Gasteiger partial charge is 0.333 e. The van der Waals surface area contributed by atoms with E-state index in [2.05, 4.69) is 325 Å². The van der Waals surface area contributed by atoms with Crippen LogP contribution in [-0.4, -0.2) is 6.85 Å². The summed E-state index contributed by atoms with van der Waals surface area (Å²) in [6.07, 6.45) is 3.43. The van der Waals surface area contributed by atoms with E-state index in [1.54, 1.807) is 0 Å². The summed E-state index contributed by atoms with van der Waals surface area (Å²) in [4.78, 5) is 7.79. The first-order valence-electron chi connectivity index (χ1n) is 31.9. The molecule has 0 unspecified atom stereocenters. The Bertz CT molecular complexity index is 4850. The summed E-state index contributed by atoms with van der Waals surface area (Å²) in [5.74, 6) is 0. The SMILES string of the molecule is CC(C)(C)c1ccc(N2B3c4ccc(N(c5cccc(-c6ccccc6)c5)c5cccc(-c6ccccc6)c5)cc4N(c4ccc(C(C)(C)C)cc4-c4ccccc4)c4cc5ccccc5c(c43)-c3cc4oc5cc6c(cc5c4cc32)C(C)(C)CCC6)cc1. The highest BCUT2D eigenvalue weighted by Crippen LogP contribution is 2.54. The molecule has 4 nitrogen and oxygen atoms in total. The predicted molar refractivity (Wildman–Crippen MR) is 379 cm³/mol. The minimum absolute atomic E-state index is 0.0355. The van der Waals surface area contributed by atoms with Crippen LogP contribution >= 0.6 is 0 Å². The van der Waals surface area contributed by atoms with Gasteiger partial charge >= 0.3 is 6.85 Å². The highest BCUT2D eigenvalue weighted by Gasteiger charge is 2.47. The second kappa shape index (κ2) is 20.6. The molecular weight excluding hydrogens is 1080 g/mol. The van der Waals surface area contributed by atoms with Crippen LogP contribution in [0.3, 0.4) is 0 Å². The van der Waals surface area contributed by atoms with E-state index in [1.807, 2.05) is 0 Å². The fourth-order valence-electron chi connectivity index (χ4n) is 15.0. The van der Waals surface area contributed by atoms with E-state index in [0.29, 0.717) is 0 Å². The van der Waals surface area contributed by atoms with Gasteiger partial charge in [-0.05, 0) is 204 Å². The molecule has 1 aromatic heterocycles. The molecule has 0 saturated carbocycles. The highest BCUT2D eigenvalue weighted by atomic mass is 16.3. The zero-order valence-corrected chi connectivity index (χ0v) is 52.2. The molecule has 89 heavy (non-hydrogen) atoms. The lowest BCUT2D eigenvalue weighted by atomic mass is 9.43. The van der Waals surface area contributed by atoms with Crippen LogP contribution in [0.4, 0.5) is 45.5 Å². The zero-order chi connectivity index (χ0) is 60.5. The summed E-state index contributed by atoms with van der Waals surface area (Å²) in [5, 5.41) is 4.74. The third-order valence-electron chi connectivity index (χ3n) is 19.6. The summed E-state index contributed by atoms with van der Waals surface area (Å²) < 4.78 is 7.16. The number of nitrogens with zero attached hydrogens (tertiary/aromatic N) is 3. The zero-order valence-electron chi connectivity index (χ0n) is 52.2. The number of benzene rings is 12. The van der Waals surface area contributed by atoms with Gasteiger partial charge in [-0.15, -0.1) is 0 Å². The first-order valence-corrected chi connectivity index (χ1v) is 31.9. The molecule has 0 radical (unpaired) electrons. The first-order chi connectivity index (χ1) is 43.1. The van der Waals surface area contributed by atoms with E-state index < -0.39 is 0 Å². The average Bonchev–Trinajstić information content (AvgIpc) is 1.31.